The lowest BCUT2D eigenvalue weighted by Gasteiger charge is -2.29. The minimum Gasteiger partial charge on any atom is -0.298 e. The number of amides is 1. The van der Waals surface area contributed by atoms with Crippen LogP contribution in [0, 0.1) is 0 Å². The molecule has 1 N–H and O–H groups in total. The van der Waals surface area contributed by atoms with Crippen LogP contribution in [0.5, 0.6) is 0 Å². The van der Waals surface area contributed by atoms with Gasteiger partial charge in [-0.1, -0.05) is 59.9 Å². The van der Waals surface area contributed by atoms with Gasteiger partial charge >= 0.3 is 0 Å². The zero-order valence-electron chi connectivity index (χ0n) is 20.4. The van der Waals surface area contributed by atoms with E-state index in [1.165, 1.54) is 21.7 Å². The standard InChI is InChI=1S/C27H27N3O4S2/c1-17(2)30(18(3)4)36(33,34)20-14-15-23-24(16-20)35-27(28-23)29-26(32)22-13-9-8-12-21(22)25(31)19-10-6-5-7-11-19/h5-18H,1-4H3,(H,28,29,32). The van der Waals surface area contributed by atoms with E-state index in [0.717, 1.165) is 0 Å². The van der Waals surface area contributed by atoms with Gasteiger partial charge in [-0.15, -0.1) is 0 Å². The van der Waals surface area contributed by atoms with Crippen molar-refractivity contribution in [2.24, 2.45) is 0 Å². The summed E-state index contributed by atoms with van der Waals surface area (Å²) in [5.41, 5.74) is 1.59. The van der Waals surface area contributed by atoms with Crippen LogP contribution in [0.1, 0.15) is 54.0 Å². The summed E-state index contributed by atoms with van der Waals surface area (Å²) in [4.78, 5) is 30.7. The van der Waals surface area contributed by atoms with Gasteiger partial charge in [0.2, 0.25) is 10.0 Å². The molecule has 1 amide bonds. The van der Waals surface area contributed by atoms with E-state index in [-0.39, 0.29) is 33.9 Å². The second kappa shape index (κ2) is 10.3. The Kier molecular flexibility index (Phi) is 7.35. The van der Waals surface area contributed by atoms with E-state index in [4.69, 9.17) is 0 Å². The molecule has 3 aromatic carbocycles. The molecule has 0 radical (unpaired) electrons. The zero-order valence-corrected chi connectivity index (χ0v) is 22.1. The first kappa shape index (κ1) is 25.7. The molecule has 36 heavy (non-hydrogen) atoms. The van der Waals surface area contributed by atoms with Crippen molar-refractivity contribution in [2.75, 3.05) is 5.32 Å². The van der Waals surface area contributed by atoms with E-state index in [1.807, 2.05) is 33.8 Å². The van der Waals surface area contributed by atoms with Crippen molar-refractivity contribution >= 4 is 48.4 Å². The molecule has 0 atom stereocenters. The minimum atomic E-state index is -3.70. The summed E-state index contributed by atoms with van der Waals surface area (Å²) in [6, 6.07) is 19.8. The second-order valence-corrected chi connectivity index (χ2v) is 11.7. The number of aromatic nitrogens is 1. The third-order valence-corrected chi connectivity index (χ3v) is 8.81. The number of benzene rings is 3. The van der Waals surface area contributed by atoms with Crippen LogP contribution in [0.25, 0.3) is 10.2 Å². The zero-order chi connectivity index (χ0) is 26.0. The average molecular weight is 522 g/mol. The highest BCUT2D eigenvalue weighted by Gasteiger charge is 2.30. The first-order chi connectivity index (χ1) is 17.1. The number of thiazole rings is 1. The topological polar surface area (TPSA) is 96.4 Å². The number of rotatable bonds is 8. The highest BCUT2D eigenvalue weighted by molar-refractivity contribution is 7.89. The van der Waals surface area contributed by atoms with Crippen LogP contribution < -0.4 is 5.32 Å². The van der Waals surface area contributed by atoms with E-state index in [9.17, 15) is 18.0 Å². The third-order valence-electron chi connectivity index (χ3n) is 5.63. The first-order valence-electron chi connectivity index (χ1n) is 11.5. The van der Waals surface area contributed by atoms with Crippen molar-refractivity contribution in [3.63, 3.8) is 0 Å². The average Bonchev–Trinajstić information content (AvgIpc) is 3.25. The molecule has 0 saturated heterocycles. The van der Waals surface area contributed by atoms with Crippen molar-refractivity contribution in [2.45, 2.75) is 44.7 Å². The number of nitrogens with zero attached hydrogens (tertiary/aromatic N) is 2. The molecule has 4 aromatic rings. The quantitative estimate of drug-likeness (QED) is 0.305. The van der Waals surface area contributed by atoms with Crippen molar-refractivity contribution in [1.29, 1.82) is 0 Å². The number of anilines is 1. The molecule has 186 valence electrons. The van der Waals surface area contributed by atoms with Crippen molar-refractivity contribution in [1.82, 2.24) is 9.29 Å². The van der Waals surface area contributed by atoms with Gasteiger partial charge in [-0.25, -0.2) is 13.4 Å². The fourth-order valence-electron chi connectivity index (χ4n) is 4.18. The van der Waals surface area contributed by atoms with Gasteiger partial charge < -0.3 is 0 Å². The van der Waals surface area contributed by atoms with Crippen molar-refractivity contribution in [3.05, 3.63) is 89.5 Å². The van der Waals surface area contributed by atoms with E-state index < -0.39 is 15.9 Å². The molecule has 0 aliphatic rings. The predicted molar refractivity (Wildman–Crippen MR) is 143 cm³/mol. The van der Waals surface area contributed by atoms with Crippen LogP contribution in [-0.2, 0) is 10.0 Å². The Bertz CT molecular complexity index is 1520. The van der Waals surface area contributed by atoms with Crippen LogP contribution >= 0.6 is 11.3 Å². The Labute approximate surface area is 214 Å². The number of ketones is 1. The molecule has 0 spiro atoms. The maximum atomic E-state index is 13.3. The van der Waals surface area contributed by atoms with Crippen LogP contribution in [-0.4, -0.2) is 41.5 Å². The Morgan fingerprint density at radius 3 is 2.11 bits per heavy atom. The maximum Gasteiger partial charge on any atom is 0.258 e. The lowest BCUT2D eigenvalue weighted by atomic mass is 9.98. The number of carbonyl (C=O) groups is 2. The van der Waals surface area contributed by atoms with Gasteiger partial charge in [0.05, 0.1) is 20.7 Å². The number of hydrogen-bond acceptors (Lipinski definition) is 6. The molecule has 9 heteroatoms. The normalized spacial score (nSPS) is 12.0. The summed E-state index contributed by atoms with van der Waals surface area (Å²) >= 11 is 1.18. The lowest BCUT2D eigenvalue weighted by Crippen LogP contribution is -2.41. The largest absolute Gasteiger partial charge is 0.298 e. The summed E-state index contributed by atoms with van der Waals surface area (Å²) in [7, 11) is -3.70. The number of sulfonamides is 1. The molecule has 1 heterocycles. The summed E-state index contributed by atoms with van der Waals surface area (Å²) in [5, 5.41) is 3.08. The molecular weight excluding hydrogens is 494 g/mol. The van der Waals surface area contributed by atoms with E-state index in [1.54, 1.807) is 60.7 Å². The molecule has 0 bridgehead atoms. The molecule has 0 saturated carbocycles. The van der Waals surface area contributed by atoms with E-state index in [0.29, 0.717) is 20.9 Å². The number of fused-ring (bicyclic) bond motifs is 1. The van der Waals surface area contributed by atoms with Crippen LogP contribution in [0.15, 0.2) is 77.7 Å². The molecular formula is C27H27N3O4S2. The van der Waals surface area contributed by atoms with Crippen LogP contribution in [0.3, 0.4) is 0 Å². The second-order valence-electron chi connectivity index (χ2n) is 8.87. The molecule has 0 aliphatic carbocycles. The summed E-state index contributed by atoms with van der Waals surface area (Å²) in [6.45, 7) is 7.38. The van der Waals surface area contributed by atoms with Gasteiger partial charge in [-0.05, 0) is 52.0 Å². The number of carbonyl (C=O) groups excluding carboxylic acids is 2. The first-order valence-corrected chi connectivity index (χ1v) is 13.8. The summed E-state index contributed by atoms with van der Waals surface area (Å²) in [5.74, 6) is -0.715. The third kappa shape index (κ3) is 5.09. The summed E-state index contributed by atoms with van der Waals surface area (Å²) in [6.07, 6.45) is 0. The van der Waals surface area contributed by atoms with E-state index >= 15 is 0 Å². The summed E-state index contributed by atoms with van der Waals surface area (Å²) < 4.78 is 28.6. The Morgan fingerprint density at radius 2 is 1.47 bits per heavy atom. The van der Waals surface area contributed by atoms with Gasteiger partial charge in [0, 0.05) is 23.2 Å². The SMILES string of the molecule is CC(C)N(C(C)C)S(=O)(=O)c1ccc2nc(NC(=O)c3ccccc3C(=O)c3ccccc3)sc2c1. The van der Waals surface area contributed by atoms with Gasteiger partial charge in [0.1, 0.15) is 0 Å². The predicted octanol–water partition coefficient (Wildman–Crippen LogP) is 5.59. The Hall–Kier alpha value is -3.40. The van der Waals surface area contributed by atoms with Gasteiger partial charge in [-0.3, -0.25) is 14.9 Å². The van der Waals surface area contributed by atoms with Crippen LogP contribution in [0.4, 0.5) is 5.13 Å². The molecule has 1 aromatic heterocycles. The number of nitrogens with one attached hydrogen (secondary N) is 1. The van der Waals surface area contributed by atoms with Crippen molar-refractivity contribution < 1.29 is 18.0 Å². The Morgan fingerprint density at radius 1 is 0.861 bits per heavy atom. The molecule has 7 nitrogen and oxygen atoms in total. The minimum absolute atomic E-state index is 0.178. The van der Waals surface area contributed by atoms with Crippen LogP contribution in [0.2, 0.25) is 0 Å². The monoisotopic (exact) mass is 521 g/mol. The fourth-order valence-corrected chi connectivity index (χ4v) is 7.02. The maximum absolute atomic E-state index is 13.3. The molecule has 0 aliphatic heterocycles. The highest BCUT2D eigenvalue weighted by Crippen LogP contribution is 2.31. The highest BCUT2D eigenvalue weighted by atomic mass is 32.2. The van der Waals surface area contributed by atoms with Gasteiger partial charge in [0.15, 0.2) is 10.9 Å². The van der Waals surface area contributed by atoms with E-state index in [2.05, 4.69) is 10.3 Å². The van der Waals surface area contributed by atoms with Gasteiger partial charge in [0.25, 0.3) is 5.91 Å². The van der Waals surface area contributed by atoms with Gasteiger partial charge in [-0.2, -0.15) is 4.31 Å². The lowest BCUT2D eigenvalue weighted by molar-refractivity contribution is 0.0996. The smallest absolute Gasteiger partial charge is 0.258 e. The molecule has 4 rings (SSSR count). The Balaban J connectivity index is 1.62. The molecule has 0 fully saturated rings. The molecule has 0 unspecified atom stereocenters. The number of hydrogen-bond donors (Lipinski definition) is 1. The van der Waals surface area contributed by atoms with Crippen molar-refractivity contribution in [3.8, 4) is 0 Å². The fraction of sp³-hybridized carbons (Fsp3) is 0.222.